The van der Waals surface area contributed by atoms with E-state index in [1.54, 1.807) is 0 Å². The summed E-state index contributed by atoms with van der Waals surface area (Å²) >= 11 is 0. The second kappa shape index (κ2) is 7.67. The Morgan fingerprint density at radius 2 is 1.71 bits per heavy atom. The molecule has 5 nitrogen and oxygen atoms in total. The zero-order chi connectivity index (χ0) is 15.1. The highest BCUT2D eigenvalue weighted by atomic mass is 16.2. The Kier molecular flexibility index (Phi) is 5.60. The van der Waals surface area contributed by atoms with Crippen molar-refractivity contribution in [2.24, 2.45) is 0 Å². The van der Waals surface area contributed by atoms with Gasteiger partial charge in [-0.2, -0.15) is 0 Å². The van der Waals surface area contributed by atoms with Gasteiger partial charge in [0.05, 0.1) is 0 Å². The molecule has 2 rings (SSSR count). The molecule has 1 aliphatic rings. The minimum Gasteiger partial charge on any atom is -0.385 e. The minimum absolute atomic E-state index is 0.0840. The van der Waals surface area contributed by atoms with E-state index in [1.165, 1.54) is 19.8 Å². The molecule has 5 heteroatoms. The Hall–Kier alpha value is -2.04. The quantitative estimate of drug-likeness (QED) is 0.753. The van der Waals surface area contributed by atoms with Crippen LogP contribution in [-0.4, -0.2) is 24.4 Å². The molecule has 1 aliphatic carbocycles. The first-order chi connectivity index (χ1) is 10.1. The van der Waals surface area contributed by atoms with Crippen molar-refractivity contribution in [2.45, 2.75) is 45.1 Å². The van der Waals surface area contributed by atoms with Crippen molar-refractivity contribution in [3.05, 3.63) is 24.3 Å². The Morgan fingerprint density at radius 3 is 2.33 bits per heavy atom. The van der Waals surface area contributed by atoms with Crippen molar-refractivity contribution in [1.29, 1.82) is 0 Å². The van der Waals surface area contributed by atoms with E-state index in [2.05, 4.69) is 16.0 Å². The molecule has 0 atom stereocenters. The summed E-state index contributed by atoms with van der Waals surface area (Å²) in [5, 5.41) is 8.99. The van der Waals surface area contributed by atoms with Crippen LogP contribution in [0.5, 0.6) is 0 Å². The average Bonchev–Trinajstić information content (AvgIpc) is 2.93. The maximum absolute atomic E-state index is 11.8. The molecule has 114 valence electrons. The topological polar surface area (TPSA) is 70.2 Å². The summed E-state index contributed by atoms with van der Waals surface area (Å²) in [6.45, 7) is 2.09. The first-order valence-electron chi connectivity index (χ1n) is 7.54. The highest BCUT2D eigenvalue weighted by Gasteiger charge is 2.16. The largest absolute Gasteiger partial charge is 0.385 e. The molecule has 0 aromatic heterocycles. The summed E-state index contributed by atoms with van der Waals surface area (Å²) in [5.74, 6) is 0.0311. The number of amides is 2. The number of hydrogen-bond donors (Lipinski definition) is 3. The van der Waals surface area contributed by atoms with Gasteiger partial charge in [-0.3, -0.25) is 9.59 Å². The first-order valence-corrected chi connectivity index (χ1v) is 7.54. The number of anilines is 2. The van der Waals surface area contributed by atoms with Crippen LogP contribution in [0.25, 0.3) is 0 Å². The third kappa shape index (κ3) is 5.45. The van der Waals surface area contributed by atoms with Crippen molar-refractivity contribution in [3.63, 3.8) is 0 Å². The summed E-state index contributed by atoms with van der Waals surface area (Å²) in [6, 6.07) is 7.83. The summed E-state index contributed by atoms with van der Waals surface area (Å²) < 4.78 is 0. The van der Waals surface area contributed by atoms with E-state index in [4.69, 9.17) is 0 Å². The van der Waals surface area contributed by atoms with Crippen LogP contribution in [0.15, 0.2) is 24.3 Å². The van der Waals surface area contributed by atoms with Gasteiger partial charge < -0.3 is 16.0 Å². The zero-order valence-corrected chi connectivity index (χ0v) is 12.4. The van der Waals surface area contributed by atoms with Gasteiger partial charge in [0.1, 0.15) is 0 Å². The number of benzene rings is 1. The Bertz CT molecular complexity index is 479. The summed E-state index contributed by atoms with van der Waals surface area (Å²) in [6.07, 6.45) is 5.16. The van der Waals surface area contributed by atoms with Crippen molar-refractivity contribution in [3.8, 4) is 0 Å². The van der Waals surface area contributed by atoms with Gasteiger partial charge in [-0.15, -0.1) is 0 Å². The molecule has 1 fully saturated rings. The van der Waals surface area contributed by atoms with E-state index >= 15 is 0 Å². The Balaban J connectivity index is 1.67. The molecule has 1 aromatic carbocycles. The van der Waals surface area contributed by atoms with Gasteiger partial charge >= 0.3 is 0 Å². The molecule has 0 bridgehead atoms. The van der Waals surface area contributed by atoms with E-state index < -0.39 is 0 Å². The monoisotopic (exact) mass is 289 g/mol. The number of carbonyl (C=O) groups excluding carboxylic acids is 2. The standard InChI is InChI=1S/C16H23N3O2/c1-12(20)18-15-8-6-13(7-9-15)17-11-10-16(21)19-14-4-2-3-5-14/h6-9,14,17H,2-5,10-11H2,1H3,(H,18,20)(H,19,21). The van der Waals surface area contributed by atoms with Gasteiger partial charge in [-0.1, -0.05) is 12.8 Å². The van der Waals surface area contributed by atoms with Crippen molar-refractivity contribution < 1.29 is 9.59 Å². The van der Waals surface area contributed by atoms with Crippen LogP contribution in [0.4, 0.5) is 11.4 Å². The maximum atomic E-state index is 11.8. The lowest BCUT2D eigenvalue weighted by atomic mass is 10.2. The molecule has 0 spiro atoms. The molecule has 21 heavy (non-hydrogen) atoms. The molecule has 0 radical (unpaired) electrons. The van der Waals surface area contributed by atoms with Gasteiger partial charge in [0, 0.05) is 37.3 Å². The van der Waals surface area contributed by atoms with Crippen LogP contribution < -0.4 is 16.0 Å². The highest BCUT2D eigenvalue weighted by Crippen LogP contribution is 2.17. The molecule has 1 saturated carbocycles. The van der Waals surface area contributed by atoms with Gasteiger partial charge in [0.2, 0.25) is 11.8 Å². The first kappa shape index (κ1) is 15.4. The molecular formula is C16H23N3O2. The Morgan fingerprint density at radius 1 is 1.10 bits per heavy atom. The van der Waals surface area contributed by atoms with Crippen molar-refractivity contribution in [1.82, 2.24) is 5.32 Å². The maximum Gasteiger partial charge on any atom is 0.221 e. The molecule has 0 unspecified atom stereocenters. The van der Waals surface area contributed by atoms with Crippen molar-refractivity contribution >= 4 is 23.2 Å². The van der Waals surface area contributed by atoms with Gasteiger partial charge in [-0.05, 0) is 37.1 Å². The second-order valence-electron chi connectivity index (χ2n) is 5.48. The normalized spacial score (nSPS) is 14.7. The molecule has 0 heterocycles. The van der Waals surface area contributed by atoms with Gasteiger partial charge in [0.25, 0.3) is 0 Å². The van der Waals surface area contributed by atoms with E-state index in [-0.39, 0.29) is 11.8 Å². The van der Waals surface area contributed by atoms with Crippen LogP contribution in [-0.2, 0) is 9.59 Å². The number of nitrogens with one attached hydrogen (secondary N) is 3. The average molecular weight is 289 g/mol. The van der Waals surface area contributed by atoms with Crippen LogP contribution in [0, 0.1) is 0 Å². The molecular weight excluding hydrogens is 266 g/mol. The fraction of sp³-hybridized carbons (Fsp3) is 0.500. The third-order valence-corrected chi connectivity index (χ3v) is 3.61. The summed E-state index contributed by atoms with van der Waals surface area (Å²) in [4.78, 5) is 22.7. The lowest BCUT2D eigenvalue weighted by Crippen LogP contribution is -2.33. The van der Waals surface area contributed by atoms with Crippen LogP contribution in [0.3, 0.4) is 0 Å². The van der Waals surface area contributed by atoms with Crippen LogP contribution in [0.2, 0.25) is 0 Å². The van der Waals surface area contributed by atoms with Crippen LogP contribution >= 0.6 is 0 Å². The molecule has 1 aromatic rings. The molecule has 0 aliphatic heterocycles. The molecule has 0 saturated heterocycles. The minimum atomic E-state index is -0.0840. The molecule has 2 amide bonds. The van der Waals surface area contributed by atoms with E-state index in [9.17, 15) is 9.59 Å². The number of hydrogen-bond acceptors (Lipinski definition) is 3. The van der Waals surface area contributed by atoms with E-state index in [0.29, 0.717) is 19.0 Å². The fourth-order valence-electron chi connectivity index (χ4n) is 2.57. The SMILES string of the molecule is CC(=O)Nc1ccc(NCCC(=O)NC2CCCC2)cc1. The number of rotatable bonds is 6. The van der Waals surface area contributed by atoms with Gasteiger partial charge in [0.15, 0.2) is 0 Å². The zero-order valence-electron chi connectivity index (χ0n) is 12.4. The van der Waals surface area contributed by atoms with Crippen molar-refractivity contribution in [2.75, 3.05) is 17.2 Å². The molecule has 3 N–H and O–H groups in total. The summed E-state index contributed by atoms with van der Waals surface area (Å²) in [7, 11) is 0. The lowest BCUT2D eigenvalue weighted by Gasteiger charge is -2.12. The predicted molar refractivity (Wildman–Crippen MR) is 84.3 cm³/mol. The van der Waals surface area contributed by atoms with E-state index in [1.807, 2.05) is 24.3 Å². The highest BCUT2D eigenvalue weighted by molar-refractivity contribution is 5.88. The number of carbonyl (C=O) groups is 2. The van der Waals surface area contributed by atoms with Crippen LogP contribution in [0.1, 0.15) is 39.0 Å². The third-order valence-electron chi connectivity index (χ3n) is 3.61. The summed E-state index contributed by atoms with van der Waals surface area (Å²) in [5.41, 5.74) is 1.71. The van der Waals surface area contributed by atoms with E-state index in [0.717, 1.165) is 24.2 Å². The lowest BCUT2D eigenvalue weighted by molar-refractivity contribution is -0.121. The smallest absolute Gasteiger partial charge is 0.221 e. The predicted octanol–water partition coefficient (Wildman–Crippen LogP) is 2.51. The Labute approximate surface area is 125 Å². The van der Waals surface area contributed by atoms with Gasteiger partial charge in [-0.25, -0.2) is 0 Å². The second-order valence-corrected chi connectivity index (χ2v) is 5.48. The fourth-order valence-corrected chi connectivity index (χ4v) is 2.57.